The summed E-state index contributed by atoms with van der Waals surface area (Å²) in [5, 5.41) is 0. The number of anilines is 1. The summed E-state index contributed by atoms with van der Waals surface area (Å²) < 4.78 is 13.1. The van der Waals surface area contributed by atoms with Crippen molar-refractivity contribution in [2.45, 2.75) is 51.5 Å². The number of hydrogen-bond acceptors (Lipinski definition) is 2. The minimum absolute atomic E-state index is 0.165. The van der Waals surface area contributed by atoms with Crippen molar-refractivity contribution >= 4 is 5.69 Å². The van der Waals surface area contributed by atoms with Gasteiger partial charge in [0.1, 0.15) is 5.82 Å². The van der Waals surface area contributed by atoms with E-state index in [0.717, 1.165) is 24.6 Å². The van der Waals surface area contributed by atoms with Gasteiger partial charge in [-0.1, -0.05) is 13.3 Å². The molecule has 2 rings (SSSR count). The van der Waals surface area contributed by atoms with Crippen LogP contribution >= 0.6 is 0 Å². The molecular weight excluding hydrogens is 251 g/mol. The van der Waals surface area contributed by atoms with E-state index in [1.165, 1.54) is 32.1 Å². The quantitative estimate of drug-likeness (QED) is 0.853. The molecule has 0 aromatic heterocycles. The van der Waals surface area contributed by atoms with Gasteiger partial charge >= 0.3 is 0 Å². The second-order valence-electron chi connectivity index (χ2n) is 5.89. The summed E-state index contributed by atoms with van der Waals surface area (Å²) in [6.45, 7) is 3.97. The molecule has 2 nitrogen and oxygen atoms in total. The fourth-order valence-corrected chi connectivity index (χ4v) is 3.28. The van der Waals surface area contributed by atoms with Gasteiger partial charge in [0.25, 0.3) is 0 Å². The van der Waals surface area contributed by atoms with Crippen LogP contribution in [-0.2, 0) is 0 Å². The molecule has 0 radical (unpaired) electrons. The van der Waals surface area contributed by atoms with E-state index in [0.29, 0.717) is 12.6 Å². The lowest BCUT2D eigenvalue weighted by atomic mass is 9.83. The molecule has 20 heavy (non-hydrogen) atoms. The fraction of sp³-hybridized carbons (Fsp3) is 0.647. The smallest absolute Gasteiger partial charge is 0.123 e. The lowest BCUT2D eigenvalue weighted by molar-refractivity contribution is 0.308. The lowest BCUT2D eigenvalue weighted by Crippen LogP contribution is -2.39. The van der Waals surface area contributed by atoms with Gasteiger partial charge in [-0.15, -0.1) is 0 Å². The monoisotopic (exact) mass is 278 g/mol. The third kappa shape index (κ3) is 3.95. The van der Waals surface area contributed by atoms with Gasteiger partial charge in [0.05, 0.1) is 0 Å². The number of nitrogens with zero attached hydrogens (tertiary/aromatic N) is 1. The maximum Gasteiger partial charge on any atom is 0.123 e. The zero-order valence-corrected chi connectivity index (χ0v) is 12.5. The second-order valence-corrected chi connectivity index (χ2v) is 5.89. The van der Waals surface area contributed by atoms with Gasteiger partial charge in [-0.2, -0.15) is 0 Å². The average Bonchev–Trinajstić information content (AvgIpc) is 2.50. The highest BCUT2D eigenvalue weighted by Crippen LogP contribution is 2.32. The molecule has 1 aromatic rings. The first-order valence-electron chi connectivity index (χ1n) is 7.96. The van der Waals surface area contributed by atoms with Crippen LogP contribution < -0.4 is 10.6 Å². The van der Waals surface area contributed by atoms with Crippen molar-refractivity contribution in [2.75, 3.05) is 18.0 Å². The van der Waals surface area contributed by atoms with Crippen LogP contribution in [0.5, 0.6) is 0 Å². The Labute approximate surface area is 122 Å². The highest BCUT2D eigenvalue weighted by Gasteiger charge is 2.25. The lowest BCUT2D eigenvalue weighted by Gasteiger charge is -2.38. The zero-order valence-electron chi connectivity index (χ0n) is 12.5. The molecule has 1 aliphatic carbocycles. The van der Waals surface area contributed by atoms with Gasteiger partial charge < -0.3 is 10.6 Å². The molecule has 0 heterocycles. The van der Waals surface area contributed by atoms with Crippen molar-refractivity contribution in [3.63, 3.8) is 0 Å². The van der Waals surface area contributed by atoms with Gasteiger partial charge in [-0.3, -0.25) is 0 Å². The van der Waals surface area contributed by atoms with Gasteiger partial charge in [-0.25, -0.2) is 4.39 Å². The Morgan fingerprint density at radius 1 is 1.15 bits per heavy atom. The maximum absolute atomic E-state index is 13.1. The van der Waals surface area contributed by atoms with Gasteiger partial charge in [0.2, 0.25) is 0 Å². The second kappa shape index (κ2) is 7.63. The highest BCUT2D eigenvalue weighted by molar-refractivity contribution is 5.47. The molecule has 1 fully saturated rings. The van der Waals surface area contributed by atoms with Crippen molar-refractivity contribution in [3.05, 3.63) is 30.1 Å². The van der Waals surface area contributed by atoms with E-state index in [4.69, 9.17) is 5.73 Å². The molecule has 0 aliphatic heterocycles. The first-order chi connectivity index (χ1) is 9.74. The van der Waals surface area contributed by atoms with Crippen molar-refractivity contribution in [1.82, 2.24) is 0 Å². The molecule has 2 N–H and O–H groups in total. The molecule has 1 saturated carbocycles. The SMILES string of the molecule is CCC1CCC(N(CCCN)c2ccc(F)cc2)CC1. The molecular formula is C17H27FN2. The van der Waals surface area contributed by atoms with E-state index in [2.05, 4.69) is 11.8 Å². The summed E-state index contributed by atoms with van der Waals surface area (Å²) in [7, 11) is 0. The minimum Gasteiger partial charge on any atom is -0.368 e. The van der Waals surface area contributed by atoms with Gasteiger partial charge in [-0.05, 0) is 68.8 Å². The molecule has 0 spiro atoms. The number of benzene rings is 1. The van der Waals surface area contributed by atoms with Crippen LogP contribution in [0.2, 0.25) is 0 Å². The number of hydrogen-bond donors (Lipinski definition) is 1. The minimum atomic E-state index is -0.165. The molecule has 0 saturated heterocycles. The van der Waals surface area contributed by atoms with E-state index in [9.17, 15) is 4.39 Å². The van der Waals surface area contributed by atoms with Crippen LogP contribution in [0.15, 0.2) is 24.3 Å². The van der Waals surface area contributed by atoms with E-state index in [1.807, 2.05) is 12.1 Å². The van der Waals surface area contributed by atoms with Crippen LogP contribution in [0, 0.1) is 11.7 Å². The third-order valence-electron chi connectivity index (χ3n) is 4.60. The predicted molar refractivity (Wildman–Crippen MR) is 83.5 cm³/mol. The first kappa shape index (κ1) is 15.3. The molecule has 0 unspecified atom stereocenters. The van der Waals surface area contributed by atoms with Gasteiger partial charge in [0, 0.05) is 18.3 Å². The first-order valence-corrected chi connectivity index (χ1v) is 7.96. The summed E-state index contributed by atoms with van der Waals surface area (Å²) in [5.74, 6) is 0.734. The van der Waals surface area contributed by atoms with E-state index >= 15 is 0 Å². The molecule has 112 valence electrons. The summed E-state index contributed by atoms with van der Waals surface area (Å²) in [4.78, 5) is 2.44. The normalized spacial score (nSPS) is 22.8. The number of rotatable bonds is 6. The third-order valence-corrected chi connectivity index (χ3v) is 4.60. The van der Waals surface area contributed by atoms with E-state index < -0.39 is 0 Å². The summed E-state index contributed by atoms with van der Waals surface area (Å²) in [5.41, 5.74) is 6.80. The Bertz CT molecular complexity index is 382. The number of nitrogens with two attached hydrogens (primary N) is 1. The van der Waals surface area contributed by atoms with Gasteiger partial charge in [0.15, 0.2) is 0 Å². The van der Waals surface area contributed by atoms with Crippen molar-refractivity contribution in [3.8, 4) is 0 Å². The maximum atomic E-state index is 13.1. The van der Waals surface area contributed by atoms with Crippen LogP contribution in [0.3, 0.4) is 0 Å². The average molecular weight is 278 g/mol. The summed E-state index contributed by atoms with van der Waals surface area (Å²) >= 11 is 0. The van der Waals surface area contributed by atoms with E-state index in [1.54, 1.807) is 12.1 Å². The van der Waals surface area contributed by atoms with Crippen LogP contribution in [-0.4, -0.2) is 19.1 Å². The Balaban J connectivity index is 2.05. The molecule has 3 heteroatoms. The Morgan fingerprint density at radius 2 is 1.80 bits per heavy atom. The standard InChI is InChI=1S/C17H27FN2/c1-2-14-4-8-16(9-5-14)20(13-3-12-19)17-10-6-15(18)7-11-17/h6-7,10-11,14,16H,2-5,8-9,12-13,19H2,1H3. The number of halogens is 1. The molecule has 0 amide bonds. The molecule has 1 aromatic carbocycles. The predicted octanol–water partition coefficient (Wildman–Crippen LogP) is 3.95. The Morgan fingerprint density at radius 3 is 2.35 bits per heavy atom. The van der Waals surface area contributed by atoms with Crippen molar-refractivity contribution < 1.29 is 4.39 Å². The summed E-state index contributed by atoms with van der Waals surface area (Å²) in [6, 6.07) is 7.51. The van der Waals surface area contributed by atoms with Crippen LogP contribution in [0.25, 0.3) is 0 Å². The molecule has 0 atom stereocenters. The fourth-order valence-electron chi connectivity index (χ4n) is 3.28. The Hall–Kier alpha value is -1.09. The van der Waals surface area contributed by atoms with Crippen LogP contribution in [0.4, 0.5) is 10.1 Å². The van der Waals surface area contributed by atoms with E-state index in [-0.39, 0.29) is 5.82 Å². The molecule has 1 aliphatic rings. The Kier molecular flexibility index (Phi) is 5.84. The topological polar surface area (TPSA) is 29.3 Å². The zero-order chi connectivity index (χ0) is 14.4. The summed E-state index contributed by atoms with van der Waals surface area (Å²) in [6.07, 6.45) is 7.43. The van der Waals surface area contributed by atoms with Crippen molar-refractivity contribution in [1.29, 1.82) is 0 Å². The largest absolute Gasteiger partial charge is 0.368 e. The highest BCUT2D eigenvalue weighted by atomic mass is 19.1. The van der Waals surface area contributed by atoms with Crippen molar-refractivity contribution in [2.24, 2.45) is 11.7 Å². The molecule has 0 bridgehead atoms. The van der Waals surface area contributed by atoms with Crippen LogP contribution in [0.1, 0.15) is 45.4 Å².